The summed E-state index contributed by atoms with van der Waals surface area (Å²) in [5.74, 6) is 0.932. The third kappa shape index (κ3) is 4.53. The fourth-order valence-corrected chi connectivity index (χ4v) is 3.94. The van der Waals surface area contributed by atoms with Gasteiger partial charge in [-0.3, -0.25) is 4.90 Å². The first kappa shape index (κ1) is 18.9. The van der Waals surface area contributed by atoms with Crippen LogP contribution in [0.25, 0.3) is 10.8 Å². The minimum Gasteiger partial charge on any atom is -0.496 e. The van der Waals surface area contributed by atoms with E-state index >= 15 is 0 Å². The van der Waals surface area contributed by atoms with E-state index in [1.54, 1.807) is 7.11 Å². The maximum atomic E-state index is 5.99. The molecule has 1 atom stereocenters. The number of hydrogen-bond donors (Lipinski definition) is 1. The van der Waals surface area contributed by atoms with Gasteiger partial charge in [-0.25, -0.2) is 0 Å². The van der Waals surface area contributed by atoms with E-state index in [1.807, 2.05) is 0 Å². The second-order valence-corrected chi connectivity index (χ2v) is 7.31. The van der Waals surface area contributed by atoms with Gasteiger partial charge in [0.05, 0.1) is 19.8 Å². The maximum Gasteiger partial charge on any atom is 0.123 e. The third-order valence-corrected chi connectivity index (χ3v) is 5.36. The largest absolute Gasteiger partial charge is 0.496 e. The number of hydrogen-bond acceptors (Lipinski definition) is 4. The van der Waals surface area contributed by atoms with Gasteiger partial charge in [-0.1, -0.05) is 60.7 Å². The number of benzene rings is 3. The average Bonchev–Trinajstić information content (AvgIpc) is 2.75. The first-order valence-electron chi connectivity index (χ1n) is 9.96. The van der Waals surface area contributed by atoms with Crippen LogP contribution in [0, 0.1) is 0 Å². The van der Waals surface area contributed by atoms with Crippen molar-refractivity contribution in [3.05, 3.63) is 77.9 Å². The van der Waals surface area contributed by atoms with Crippen LogP contribution in [0.5, 0.6) is 5.75 Å². The Morgan fingerprint density at radius 1 is 1.04 bits per heavy atom. The van der Waals surface area contributed by atoms with E-state index < -0.39 is 0 Å². The fourth-order valence-electron chi connectivity index (χ4n) is 3.94. The summed E-state index contributed by atoms with van der Waals surface area (Å²) in [4.78, 5) is 2.48. The molecule has 4 nitrogen and oxygen atoms in total. The summed E-state index contributed by atoms with van der Waals surface area (Å²) in [6.45, 7) is 5.31. The summed E-state index contributed by atoms with van der Waals surface area (Å²) in [5.41, 5.74) is 2.56. The van der Waals surface area contributed by atoms with Gasteiger partial charge in [-0.15, -0.1) is 0 Å². The molecule has 3 aromatic carbocycles. The molecule has 1 saturated heterocycles. The molecule has 1 aliphatic rings. The molecule has 28 heavy (non-hydrogen) atoms. The van der Waals surface area contributed by atoms with Crippen LogP contribution in [0.1, 0.15) is 11.1 Å². The molecule has 1 fully saturated rings. The van der Waals surface area contributed by atoms with Crippen molar-refractivity contribution in [3.63, 3.8) is 0 Å². The molecule has 0 radical (unpaired) electrons. The third-order valence-electron chi connectivity index (χ3n) is 5.36. The Morgan fingerprint density at radius 2 is 1.86 bits per heavy atom. The van der Waals surface area contributed by atoms with Crippen molar-refractivity contribution < 1.29 is 9.47 Å². The molecule has 0 unspecified atom stereocenters. The number of morpholine rings is 1. The Balaban J connectivity index is 1.35. The first-order chi connectivity index (χ1) is 13.8. The number of methoxy groups -OCH3 is 1. The highest BCUT2D eigenvalue weighted by molar-refractivity contribution is 5.87. The molecule has 0 aliphatic carbocycles. The minimum atomic E-state index is 0.207. The standard InChI is InChI=1S/C24H28N2O2/c1-27-24-12-11-20-9-5-6-10-22(20)23(24)16-25-15-21-18-26(13-14-28-21)17-19-7-3-2-4-8-19/h2-12,21,25H,13-18H2,1H3/t21-/m1/s1. The maximum absolute atomic E-state index is 5.99. The van der Waals surface area contributed by atoms with Gasteiger partial charge in [-0.05, 0) is 22.4 Å². The average molecular weight is 377 g/mol. The molecule has 4 heteroatoms. The molecule has 1 heterocycles. The summed E-state index contributed by atoms with van der Waals surface area (Å²) < 4.78 is 11.6. The highest BCUT2D eigenvalue weighted by atomic mass is 16.5. The van der Waals surface area contributed by atoms with Crippen molar-refractivity contribution in [1.29, 1.82) is 0 Å². The molecular weight excluding hydrogens is 348 g/mol. The van der Waals surface area contributed by atoms with Crippen LogP contribution in [0.15, 0.2) is 66.7 Å². The lowest BCUT2D eigenvalue weighted by molar-refractivity contribution is -0.0300. The lowest BCUT2D eigenvalue weighted by atomic mass is 10.0. The van der Waals surface area contributed by atoms with Crippen molar-refractivity contribution in [2.24, 2.45) is 0 Å². The zero-order chi connectivity index (χ0) is 19.2. The van der Waals surface area contributed by atoms with E-state index in [2.05, 4.69) is 76.9 Å². The van der Waals surface area contributed by atoms with Crippen molar-refractivity contribution >= 4 is 10.8 Å². The Bertz CT molecular complexity index is 898. The molecule has 0 saturated carbocycles. The number of nitrogens with one attached hydrogen (secondary N) is 1. The van der Waals surface area contributed by atoms with E-state index in [9.17, 15) is 0 Å². The van der Waals surface area contributed by atoms with Gasteiger partial charge in [0, 0.05) is 38.3 Å². The number of nitrogens with zero attached hydrogens (tertiary/aromatic N) is 1. The Hall–Kier alpha value is -2.40. The van der Waals surface area contributed by atoms with Crippen molar-refractivity contribution in [3.8, 4) is 5.75 Å². The van der Waals surface area contributed by atoms with Gasteiger partial charge in [0.25, 0.3) is 0 Å². The van der Waals surface area contributed by atoms with Crippen LogP contribution in [-0.2, 0) is 17.8 Å². The van der Waals surface area contributed by atoms with Gasteiger partial charge in [0.15, 0.2) is 0 Å². The summed E-state index contributed by atoms with van der Waals surface area (Å²) in [6, 6.07) is 23.3. The fraction of sp³-hybridized carbons (Fsp3) is 0.333. The van der Waals surface area contributed by atoms with Gasteiger partial charge in [-0.2, -0.15) is 0 Å². The molecule has 0 bridgehead atoms. The zero-order valence-electron chi connectivity index (χ0n) is 16.4. The second kappa shape index (κ2) is 9.20. The van der Waals surface area contributed by atoms with Crippen LogP contribution in [-0.4, -0.2) is 44.4 Å². The predicted octanol–water partition coefficient (Wildman–Crippen LogP) is 3.84. The molecule has 0 aromatic heterocycles. The number of fused-ring (bicyclic) bond motifs is 1. The summed E-state index contributed by atoms with van der Waals surface area (Å²) >= 11 is 0. The smallest absolute Gasteiger partial charge is 0.123 e. The van der Waals surface area contributed by atoms with E-state index in [1.165, 1.54) is 21.9 Å². The van der Waals surface area contributed by atoms with E-state index in [0.717, 1.165) is 45.1 Å². The van der Waals surface area contributed by atoms with E-state index in [4.69, 9.17) is 9.47 Å². The number of ether oxygens (including phenoxy) is 2. The zero-order valence-corrected chi connectivity index (χ0v) is 16.4. The molecule has 3 aromatic rings. The van der Waals surface area contributed by atoms with E-state index in [0.29, 0.717) is 0 Å². The quantitative estimate of drug-likeness (QED) is 0.679. The predicted molar refractivity (Wildman–Crippen MR) is 114 cm³/mol. The molecular formula is C24H28N2O2. The monoisotopic (exact) mass is 376 g/mol. The molecule has 4 rings (SSSR count). The Kier molecular flexibility index (Phi) is 6.22. The summed E-state index contributed by atoms with van der Waals surface area (Å²) in [6.07, 6.45) is 0.207. The Labute approximate surface area is 167 Å². The SMILES string of the molecule is COc1ccc2ccccc2c1CNC[C@@H]1CN(Cc2ccccc2)CCO1. The summed E-state index contributed by atoms with van der Waals surface area (Å²) in [7, 11) is 1.74. The van der Waals surface area contributed by atoms with Crippen LogP contribution in [0.3, 0.4) is 0 Å². The first-order valence-corrected chi connectivity index (χ1v) is 9.96. The van der Waals surface area contributed by atoms with Crippen molar-refractivity contribution in [2.75, 3.05) is 33.4 Å². The van der Waals surface area contributed by atoms with Crippen molar-refractivity contribution in [2.45, 2.75) is 19.2 Å². The van der Waals surface area contributed by atoms with Crippen LogP contribution in [0.2, 0.25) is 0 Å². The highest BCUT2D eigenvalue weighted by Gasteiger charge is 2.20. The molecule has 0 amide bonds. The normalized spacial score (nSPS) is 17.7. The highest BCUT2D eigenvalue weighted by Crippen LogP contribution is 2.27. The van der Waals surface area contributed by atoms with Gasteiger partial charge >= 0.3 is 0 Å². The lowest BCUT2D eigenvalue weighted by Crippen LogP contribution is -2.46. The van der Waals surface area contributed by atoms with Crippen molar-refractivity contribution in [1.82, 2.24) is 10.2 Å². The van der Waals surface area contributed by atoms with Gasteiger partial charge < -0.3 is 14.8 Å². The lowest BCUT2D eigenvalue weighted by Gasteiger charge is -2.33. The summed E-state index contributed by atoms with van der Waals surface area (Å²) in [5, 5.41) is 6.07. The van der Waals surface area contributed by atoms with E-state index in [-0.39, 0.29) is 6.10 Å². The van der Waals surface area contributed by atoms with Gasteiger partial charge in [0.2, 0.25) is 0 Å². The Morgan fingerprint density at radius 3 is 2.71 bits per heavy atom. The molecule has 1 N–H and O–H groups in total. The minimum absolute atomic E-state index is 0.207. The van der Waals surface area contributed by atoms with Gasteiger partial charge in [0.1, 0.15) is 5.75 Å². The van der Waals surface area contributed by atoms with Crippen LogP contribution < -0.4 is 10.1 Å². The topological polar surface area (TPSA) is 33.7 Å². The number of rotatable bonds is 7. The molecule has 0 spiro atoms. The van der Waals surface area contributed by atoms with Crippen LogP contribution in [0.4, 0.5) is 0 Å². The van der Waals surface area contributed by atoms with Crippen LogP contribution >= 0.6 is 0 Å². The second-order valence-electron chi connectivity index (χ2n) is 7.31. The molecule has 1 aliphatic heterocycles. The molecule has 146 valence electrons.